The first-order valence-corrected chi connectivity index (χ1v) is 10.9. The van der Waals surface area contributed by atoms with Crippen LogP contribution in [0.3, 0.4) is 0 Å². The van der Waals surface area contributed by atoms with Crippen molar-refractivity contribution in [2.24, 2.45) is 0 Å². The predicted octanol–water partition coefficient (Wildman–Crippen LogP) is 5.67. The average Bonchev–Trinajstić information content (AvgIpc) is 2.87. The summed E-state index contributed by atoms with van der Waals surface area (Å²) in [6.07, 6.45) is 7.96. The Hall–Kier alpha value is -4.05. The van der Waals surface area contributed by atoms with Gasteiger partial charge in [-0.1, -0.05) is 12.7 Å². The van der Waals surface area contributed by atoms with E-state index in [1.54, 1.807) is 61.7 Å². The van der Waals surface area contributed by atoms with Crippen LogP contribution in [0.2, 0.25) is 0 Å². The van der Waals surface area contributed by atoms with E-state index in [-0.39, 0.29) is 5.97 Å². The van der Waals surface area contributed by atoms with Crippen LogP contribution < -0.4 is 14.2 Å². The zero-order valence-electron chi connectivity index (χ0n) is 19.7. The molecule has 0 atom stereocenters. The quantitative estimate of drug-likeness (QED) is 0.131. The second-order valence-electron chi connectivity index (χ2n) is 6.85. The Morgan fingerprint density at radius 3 is 2.03 bits per heavy atom. The molecule has 0 aliphatic rings. The molecule has 34 heavy (non-hydrogen) atoms. The molecule has 0 saturated carbocycles. The molecule has 0 aliphatic heterocycles. The highest BCUT2D eigenvalue weighted by Crippen LogP contribution is 2.19. The minimum absolute atomic E-state index is 0.385. The third-order valence-corrected chi connectivity index (χ3v) is 4.32. The van der Waals surface area contributed by atoms with Crippen LogP contribution in [0, 0.1) is 11.3 Å². The second kappa shape index (κ2) is 17.5. The van der Waals surface area contributed by atoms with E-state index in [0.717, 1.165) is 31.8 Å². The Morgan fingerprint density at radius 2 is 1.50 bits per heavy atom. The average molecular weight is 466 g/mol. The number of carbonyl (C=O) groups is 2. The number of carbonyl (C=O) groups excluding carboxylic acids is 2. The van der Waals surface area contributed by atoms with Crippen molar-refractivity contribution < 1.29 is 28.5 Å². The van der Waals surface area contributed by atoms with Gasteiger partial charge in [-0.3, -0.25) is 0 Å². The molecule has 2 aromatic rings. The van der Waals surface area contributed by atoms with E-state index < -0.39 is 5.97 Å². The molecule has 2 aromatic carbocycles. The summed E-state index contributed by atoms with van der Waals surface area (Å²) >= 11 is 0. The summed E-state index contributed by atoms with van der Waals surface area (Å²) in [5, 5.41) is 7.73. The number of allylic oxidation sites excluding steroid dienone is 2. The molecule has 0 radical (unpaired) electrons. The van der Waals surface area contributed by atoms with Gasteiger partial charge in [-0.25, -0.2) is 9.59 Å². The lowest BCUT2D eigenvalue weighted by Gasteiger charge is -2.08. The van der Waals surface area contributed by atoms with Crippen molar-refractivity contribution in [2.45, 2.75) is 32.6 Å². The minimum Gasteiger partial charge on any atom is -0.497 e. The Morgan fingerprint density at radius 1 is 0.912 bits per heavy atom. The van der Waals surface area contributed by atoms with E-state index >= 15 is 0 Å². The number of hydrogen-bond donors (Lipinski definition) is 0. The van der Waals surface area contributed by atoms with Gasteiger partial charge < -0.3 is 18.9 Å². The zero-order valence-corrected chi connectivity index (χ0v) is 19.7. The largest absolute Gasteiger partial charge is 0.497 e. The highest BCUT2D eigenvalue weighted by Gasteiger charge is 2.09. The molecule has 180 valence electrons. The van der Waals surface area contributed by atoms with E-state index in [2.05, 4.69) is 6.58 Å². The molecule has 0 unspecified atom stereocenters. The van der Waals surface area contributed by atoms with Crippen LogP contribution in [0.1, 0.15) is 43.0 Å². The van der Waals surface area contributed by atoms with Crippen molar-refractivity contribution in [1.82, 2.24) is 0 Å². The van der Waals surface area contributed by atoms with Gasteiger partial charge >= 0.3 is 11.9 Å². The molecule has 0 bridgehead atoms. The van der Waals surface area contributed by atoms with Crippen molar-refractivity contribution >= 4 is 11.9 Å². The number of ether oxygens (including phenoxy) is 4. The van der Waals surface area contributed by atoms with Gasteiger partial charge in [0.15, 0.2) is 0 Å². The van der Waals surface area contributed by atoms with Crippen molar-refractivity contribution in [3.05, 3.63) is 78.9 Å². The van der Waals surface area contributed by atoms with Crippen LogP contribution in [-0.4, -0.2) is 32.3 Å². The first-order valence-electron chi connectivity index (χ1n) is 10.9. The standard InChI is InChI=1S/C23H26O6.C4H5N/c1-3-22(24)28-17-7-5-4-6-16-27-20-10-8-18(9-11-20)23(25)29-21-14-12-19(26-2)13-15-21;1-2-3-4-5/h3,8-15H,1,4-7,16-17H2,2H3;2-3H,1H3/b;3-2+. The van der Waals surface area contributed by atoms with Gasteiger partial charge in [-0.2, -0.15) is 5.26 Å². The van der Waals surface area contributed by atoms with E-state index in [1.165, 1.54) is 6.08 Å². The molecular weight excluding hydrogens is 434 g/mol. The van der Waals surface area contributed by atoms with Gasteiger partial charge in [0.2, 0.25) is 0 Å². The maximum absolute atomic E-state index is 12.2. The van der Waals surface area contributed by atoms with E-state index in [4.69, 9.17) is 24.2 Å². The number of methoxy groups -OCH3 is 1. The van der Waals surface area contributed by atoms with Gasteiger partial charge in [0.05, 0.1) is 32.0 Å². The number of nitriles is 1. The molecular formula is C27H31NO6. The highest BCUT2D eigenvalue weighted by atomic mass is 16.5. The normalized spacial score (nSPS) is 9.79. The summed E-state index contributed by atoms with van der Waals surface area (Å²) in [4.78, 5) is 23.1. The monoisotopic (exact) mass is 465 g/mol. The topological polar surface area (TPSA) is 94.9 Å². The molecule has 0 N–H and O–H groups in total. The summed E-state index contributed by atoms with van der Waals surface area (Å²) in [6.45, 7) is 6.16. The molecule has 7 heteroatoms. The summed E-state index contributed by atoms with van der Waals surface area (Å²) in [7, 11) is 1.58. The number of benzene rings is 2. The predicted molar refractivity (Wildman–Crippen MR) is 130 cm³/mol. The molecule has 0 saturated heterocycles. The maximum atomic E-state index is 12.2. The molecule has 0 aromatic heterocycles. The fraction of sp³-hybridized carbons (Fsp3) is 0.296. The number of esters is 2. The van der Waals surface area contributed by atoms with Crippen LogP contribution in [-0.2, 0) is 9.53 Å². The van der Waals surface area contributed by atoms with Crippen LogP contribution >= 0.6 is 0 Å². The Labute approximate surface area is 201 Å². The fourth-order valence-electron chi connectivity index (χ4n) is 2.55. The van der Waals surface area contributed by atoms with Crippen LogP contribution in [0.4, 0.5) is 0 Å². The lowest BCUT2D eigenvalue weighted by Crippen LogP contribution is -2.08. The minimum atomic E-state index is -0.432. The van der Waals surface area contributed by atoms with Gasteiger partial charge in [0, 0.05) is 12.2 Å². The Kier molecular flexibility index (Phi) is 14.4. The van der Waals surface area contributed by atoms with Crippen LogP contribution in [0.25, 0.3) is 0 Å². The lowest BCUT2D eigenvalue weighted by molar-refractivity contribution is -0.137. The molecule has 0 spiro atoms. The first-order chi connectivity index (χ1) is 16.5. The summed E-state index contributed by atoms with van der Waals surface area (Å²) < 4.78 is 21.0. The van der Waals surface area contributed by atoms with E-state index in [9.17, 15) is 9.59 Å². The zero-order chi connectivity index (χ0) is 25.0. The number of nitrogens with zero attached hydrogens (tertiary/aromatic N) is 1. The highest BCUT2D eigenvalue weighted by molar-refractivity contribution is 5.91. The van der Waals surface area contributed by atoms with Gasteiger partial charge in [-0.15, -0.1) is 0 Å². The Bertz CT molecular complexity index is 943. The van der Waals surface area contributed by atoms with E-state index in [1.807, 2.05) is 13.0 Å². The van der Waals surface area contributed by atoms with Crippen molar-refractivity contribution in [2.75, 3.05) is 20.3 Å². The van der Waals surface area contributed by atoms with Crippen LogP contribution in [0.15, 0.2) is 73.3 Å². The smallest absolute Gasteiger partial charge is 0.343 e. The maximum Gasteiger partial charge on any atom is 0.343 e. The van der Waals surface area contributed by atoms with Crippen molar-refractivity contribution in [1.29, 1.82) is 5.26 Å². The fourth-order valence-corrected chi connectivity index (χ4v) is 2.55. The molecule has 7 nitrogen and oxygen atoms in total. The second-order valence-corrected chi connectivity index (χ2v) is 6.85. The molecule has 0 fully saturated rings. The first kappa shape index (κ1) is 28.0. The summed E-state index contributed by atoms with van der Waals surface area (Å²) in [5.41, 5.74) is 0.447. The third kappa shape index (κ3) is 12.1. The van der Waals surface area contributed by atoms with Crippen molar-refractivity contribution in [3.63, 3.8) is 0 Å². The molecule has 0 aliphatic carbocycles. The van der Waals surface area contributed by atoms with Crippen molar-refractivity contribution in [3.8, 4) is 23.3 Å². The molecule has 0 amide bonds. The summed E-state index contributed by atoms with van der Waals surface area (Å²) in [6, 6.07) is 15.5. The third-order valence-electron chi connectivity index (χ3n) is 4.32. The van der Waals surface area contributed by atoms with Gasteiger partial charge in [0.25, 0.3) is 0 Å². The summed E-state index contributed by atoms with van der Waals surface area (Å²) in [5.74, 6) is 1.03. The van der Waals surface area contributed by atoms with Crippen LogP contribution in [0.5, 0.6) is 17.2 Å². The molecule has 0 heterocycles. The Balaban J connectivity index is 0.00000104. The number of unbranched alkanes of at least 4 members (excludes halogenated alkanes) is 3. The molecule has 2 rings (SSSR count). The number of hydrogen-bond acceptors (Lipinski definition) is 7. The van der Waals surface area contributed by atoms with E-state index in [0.29, 0.717) is 36.0 Å². The SMILES string of the molecule is C/C=C/C#N.C=CC(=O)OCCCCCCOc1ccc(C(=O)Oc2ccc(OC)cc2)cc1. The lowest BCUT2D eigenvalue weighted by atomic mass is 10.2. The van der Waals surface area contributed by atoms with Gasteiger partial charge in [0.1, 0.15) is 17.2 Å². The van der Waals surface area contributed by atoms with Gasteiger partial charge in [-0.05, 0) is 81.1 Å². The number of rotatable bonds is 12.